The molecule has 1 fully saturated rings. The number of aromatic nitrogens is 1. The Bertz CT molecular complexity index is 1210. The molecule has 2 aromatic heterocycles. The fourth-order valence-corrected chi connectivity index (χ4v) is 6.68. The van der Waals surface area contributed by atoms with Gasteiger partial charge in [0.1, 0.15) is 4.21 Å². The number of sulfonamides is 1. The van der Waals surface area contributed by atoms with E-state index in [-0.39, 0.29) is 16.5 Å². The van der Waals surface area contributed by atoms with Crippen molar-refractivity contribution >= 4 is 44.0 Å². The van der Waals surface area contributed by atoms with E-state index in [0.29, 0.717) is 24.9 Å². The van der Waals surface area contributed by atoms with Crippen LogP contribution in [0.5, 0.6) is 0 Å². The van der Waals surface area contributed by atoms with E-state index in [9.17, 15) is 18.0 Å². The summed E-state index contributed by atoms with van der Waals surface area (Å²) in [6, 6.07) is 10.7. The molecule has 0 amide bonds. The van der Waals surface area contributed by atoms with Crippen LogP contribution < -0.4 is 0 Å². The zero-order chi connectivity index (χ0) is 22.2. The Morgan fingerprint density at radius 3 is 2.74 bits per heavy atom. The third-order valence-corrected chi connectivity index (χ3v) is 8.85. The first-order valence-corrected chi connectivity index (χ1v) is 12.5. The van der Waals surface area contributed by atoms with Gasteiger partial charge in [0.25, 0.3) is 10.0 Å². The van der Waals surface area contributed by atoms with Crippen LogP contribution in [0.3, 0.4) is 0 Å². The van der Waals surface area contributed by atoms with Crippen LogP contribution in [0.15, 0.2) is 46.0 Å². The second kappa shape index (κ2) is 8.57. The number of benzene rings is 1. The number of rotatable bonds is 6. The fourth-order valence-electron chi connectivity index (χ4n) is 4.01. The molecule has 1 aromatic carbocycles. The number of ketones is 1. The van der Waals surface area contributed by atoms with Gasteiger partial charge in [-0.05, 0) is 44.2 Å². The number of Topliss-reactive ketones (excluding diaryl/α,β-unsaturated/α-hetero) is 1. The van der Waals surface area contributed by atoms with E-state index in [4.69, 9.17) is 4.74 Å². The van der Waals surface area contributed by atoms with Crippen molar-refractivity contribution in [3.63, 3.8) is 0 Å². The number of aryl methyl sites for hydroxylation is 1. The van der Waals surface area contributed by atoms with Crippen molar-refractivity contribution in [2.75, 3.05) is 13.1 Å². The number of fused-ring (bicyclic) bond motifs is 1. The number of aromatic amines is 1. The second-order valence-corrected chi connectivity index (χ2v) is 10.9. The summed E-state index contributed by atoms with van der Waals surface area (Å²) in [4.78, 5) is 29.0. The summed E-state index contributed by atoms with van der Waals surface area (Å²) >= 11 is 1.15. The summed E-state index contributed by atoms with van der Waals surface area (Å²) in [6.45, 7) is 3.81. The molecule has 0 bridgehead atoms. The molecular weight excluding hydrogens is 436 g/mol. The number of ether oxygens (including phenoxy) is 1. The van der Waals surface area contributed by atoms with Gasteiger partial charge in [0.05, 0.1) is 5.92 Å². The highest BCUT2D eigenvalue weighted by Gasteiger charge is 2.36. The van der Waals surface area contributed by atoms with Gasteiger partial charge in [0.15, 0.2) is 6.10 Å². The van der Waals surface area contributed by atoms with Crippen molar-refractivity contribution in [2.24, 2.45) is 5.92 Å². The maximum Gasteiger partial charge on any atom is 0.310 e. The molecule has 1 aliphatic rings. The normalized spacial score (nSPS) is 18.7. The average Bonchev–Trinajstić information content (AvgIpc) is 3.41. The Balaban J connectivity index is 1.46. The molecule has 0 saturated carbocycles. The standard InChI is InChI=1S/C22H24N2O5S2/c1-14-20(17-8-3-4-9-18(17)23-14)21(25)15(2)29-22(26)16-7-5-11-24(13-16)31(27,28)19-10-6-12-30-19/h3-4,6,8-10,12,15-16,23H,5,7,11,13H2,1-2H3/t15-,16-/m1/s1. The smallest absolute Gasteiger partial charge is 0.310 e. The predicted molar refractivity (Wildman–Crippen MR) is 119 cm³/mol. The third kappa shape index (κ3) is 4.17. The van der Waals surface area contributed by atoms with Crippen LogP contribution in [0.25, 0.3) is 10.9 Å². The molecule has 3 heterocycles. The monoisotopic (exact) mass is 460 g/mol. The second-order valence-electron chi connectivity index (χ2n) is 7.75. The van der Waals surface area contributed by atoms with Crippen LogP contribution in [0, 0.1) is 12.8 Å². The highest BCUT2D eigenvalue weighted by atomic mass is 32.2. The van der Waals surface area contributed by atoms with Crippen molar-refractivity contribution < 1.29 is 22.7 Å². The highest BCUT2D eigenvalue weighted by molar-refractivity contribution is 7.91. The van der Waals surface area contributed by atoms with Crippen molar-refractivity contribution in [1.29, 1.82) is 0 Å². The molecule has 0 unspecified atom stereocenters. The van der Waals surface area contributed by atoms with Crippen LogP contribution in [0.2, 0.25) is 0 Å². The number of carbonyl (C=O) groups excluding carboxylic acids is 2. The zero-order valence-electron chi connectivity index (χ0n) is 17.3. The minimum Gasteiger partial charge on any atom is -0.454 e. The van der Waals surface area contributed by atoms with Crippen LogP contribution in [-0.2, 0) is 19.6 Å². The number of piperidine rings is 1. The Morgan fingerprint density at radius 1 is 1.23 bits per heavy atom. The summed E-state index contributed by atoms with van der Waals surface area (Å²) in [7, 11) is -3.62. The first kappa shape index (κ1) is 21.7. The number of nitrogens with one attached hydrogen (secondary N) is 1. The van der Waals surface area contributed by atoms with E-state index in [1.807, 2.05) is 31.2 Å². The number of nitrogens with zero attached hydrogens (tertiary/aromatic N) is 1. The van der Waals surface area contributed by atoms with Gasteiger partial charge >= 0.3 is 5.97 Å². The molecule has 31 heavy (non-hydrogen) atoms. The van der Waals surface area contributed by atoms with Crippen molar-refractivity contribution in [2.45, 2.75) is 37.0 Å². The first-order valence-electron chi connectivity index (χ1n) is 10.1. The zero-order valence-corrected chi connectivity index (χ0v) is 19.0. The maximum absolute atomic E-state index is 13.0. The lowest BCUT2D eigenvalue weighted by atomic mass is 9.99. The van der Waals surface area contributed by atoms with E-state index in [1.54, 1.807) is 24.4 Å². The number of hydrogen-bond acceptors (Lipinski definition) is 6. The first-order chi connectivity index (χ1) is 14.8. The quantitative estimate of drug-likeness (QED) is 0.446. The van der Waals surface area contributed by atoms with Gasteiger partial charge in [0, 0.05) is 35.2 Å². The number of hydrogen-bond donors (Lipinski definition) is 1. The van der Waals surface area contributed by atoms with Crippen molar-refractivity contribution in [3.05, 3.63) is 53.0 Å². The molecular formula is C22H24N2O5S2. The molecule has 9 heteroatoms. The van der Waals surface area contributed by atoms with Crippen LogP contribution in [0.1, 0.15) is 35.8 Å². The topological polar surface area (TPSA) is 96.5 Å². The lowest BCUT2D eigenvalue weighted by molar-refractivity contribution is -0.152. The summed E-state index contributed by atoms with van der Waals surface area (Å²) in [5, 5.41) is 2.50. The van der Waals surface area contributed by atoms with Crippen LogP contribution >= 0.6 is 11.3 Å². The van der Waals surface area contributed by atoms with Gasteiger partial charge in [-0.25, -0.2) is 8.42 Å². The molecule has 1 saturated heterocycles. The summed E-state index contributed by atoms with van der Waals surface area (Å²) in [6.07, 6.45) is 0.131. The molecule has 0 aliphatic carbocycles. The lowest BCUT2D eigenvalue weighted by Gasteiger charge is -2.30. The number of thiophene rings is 1. The maximum atomic E-state index is 13.0. The summed E-state index contributed by atoms with van der Waals surface area (Å²) in [5.74, 6) is -1.41. The molecule has 0 radical (unpaired) electrons. The minimum absolute atomic E-state index is 0.0616. The van der Waals surface area contributed by atoms with E-state index in [1.165, 1.54) is 4.31 Å². The minimum atomic E-state index is -3.62. The van der Waals surface area contributed by atoms with Crippen molar-refractivity contribution in [1.82, 2.24) is 9.29 Å². The fraction of sp³-hybridized carbons (Fsp3) is 0.364. The van der Waals surface area contributed by atoms with Crippen LogP contribution in [-0.4, -0.2) is 48.7 Å². The number of para-hydroxylation sites is 1. The van der Waals surface area contributed by atoms with E-state index < -0.39 is 28.0 Å². The van der Waals surface area contributed by atoms with Gasteiger partial charge in [-0.1, -0.05) is 24.3 Å². The average molecular weight is 461 g/mol. The van der Waals surface area contributed by atoms with Gasteiger partial charge in [-0.3, -0.25) is 9.59 Å². The van der Waals surface area contributed by atoms with Gasteiger partial charge < -0.3 is 9.72 Å². The summed E-state index contributed by atoms with van der Waals surface area (Å²) in [5.41, 5.74) is 2.09. The van der Waals surface area contributed by atoms with E-state index in [2.05, 4.69) is 4.98 Å². The largest absolute Gasteiger partial charge is 0.454 e. The molecule has 7 nitrogen and oxygen atoms in total. The van der Waals surface area contributed by atoms with Gasteiger partial charge in [-0.2, -0.15) is 4.31 Å². The summed E-state index contributed by atoms with van der Waals surface area (Å²) < 4.78 is 32.7. The highest BCUT2D eigenvalue weighted by Crippen LogP contribution is 2.28. The Labute approximate surface area is 185 Å². The molecule has 1 N–H and O–H groups in total. The van der Waals surface area contributed by atoms with Gasteiger partial charge in [0.2, 0.25) is 5.78 Å². The Morgan fingerprint density at radius 2 is 2.00 bits per heavy atom. The van der Waals surface area contributed by atoms with E-state index in [0.717, 1.165) is 27.9 Å². The predicted octanol–water partition coefficient (Wildman–Crippen LogP) is 3.75. The van der Waals surface area contributed by atoms with E-state index >= 15 is 0 Å². The Hall–Kier alpha value is -2.49. The third-order valence-electron chi connectivity index (χ3n) is 5.61. The molecule has 1 aliphatic heterocycles. The molecule has 3 aromatic rings. The van der Waals surface area contributed by atoms with Crippen molar-refractivity contribution in [3.8, 4) is 0 Å². The van der Waals surface area contributed by atoms with Crippen LogP contribution in [0.4, 0.5) is 0 Å². The lowest BCUT2D eigenvalue weighted by Crippen LogP contribution is -2.43. The molecule has 0 spiro atoms. The SMILES string of the molecule is Cc1[nH]c2ccccc2c1C(=O)[C@@H](C)OC(=O)[C@@H]1CCCN(S(=O)(=O)c2cccs2)C1. The Kier molecular flexibility index (Phi) is 6.00. The number of esters is 1. The molecule has 2 atom stereocenters. The van der Waals surface area contributed by atoms with Gasteiger partial charge in [-0.15, -0.1) is 11.3 Å². The number of carbonyl (C=O) groups is 2. The molecule has 164 valence electrons. The number of H-pyrrole nitrogens is 1. The molecule has 4 rings (SSSR count).